The van der Waals surface area contributed by atoms with Crippen molar-refractivity contribution < 1.29 is 4.52 Å². The van der Waals surface area contributed by atoms with E-state index in [-0.39, 0.29) is 6.04 Å². The molecular weight excluding hydrogens is 294 g/mol. The van der Waals surface area contributed by atoms with Crippen LogP contribution in [-0.4, -0.2) is 36.9 Å². The molecule has 2 aromatic heterocycles. The topological polar surface area (TPSA) is 93.6 Å². The average molecular weight is 311 g/mol. The average Bonchev–Trinajstić information content (AvgIpc) is 3.10. The summed E-state index contributed by atoms with van der Waals surface area (Å²) >= 11 is 3.85. The van der Waals surface area contributed by atoms with E-state index in [0.29, 0.717) is 22.8 Å². The Balaban J connectivity index is 1.69. The molecule has 0 aliphatic carbocycles. The molecule has 3 atom stereocenters. The summed E-state index contributed by atoms with van der Waals surface area (Å²) in [4.78, 5) is 11.5. The van der Waals surface area contributed by atoms with Crippen molar-refractivity contribution in [1.29, 1.82) is 0 Å². The zero-order chi connectivity index (χ0) is 13.9. The van der Waals surface area contributed by atoms with E-state index in [9.17, 15) is 0 Å². The summed E-state index contributed by atoms with van der Waals surface area (Å²) in [6.45, 7) is 2.21. The van der Waals surface area contributed by atoms with Gasteiger partial charge in [-0.05, 0) is 0 Å². The molecule has 20 heavy (non-hydrogen) atoms. The van der Waals surface area contributed by atoms with Gasteiger partial charge in [0.25, 0.3) is 0 Å². The Morgan fingerprint density at radius 2 is 2.35 bits per heavy atom. The van der Waals surface area contributed by atoms with Crippen molar-refractivity contribution in [2.24, 2.45) is 5.73 Å². The minimum Gasteiger partial charge on any atom is -0.348 e. The van der Waals surface area contributed by atoms with E-state index in [0.717, 1.165) is 17.3 Å². The Kier molecular flexibility index (Phi) is 4.32. The van der Waals surface area contributed by atoms with Crippen molar-refractivity contribution in [3.63, 3.8) is 0 Å². The van der Waals surface area contributed by atoms with Crippen molar-refractivity contribution in [3.05, 3.63) is 29.9 Å². The third-order valence-corrected chi connectivity index (χ3v) is 6.30. The first-order chi connectivity index (χ1) is 9.74. The summed E-state index contributed by atoms with van der Waals surface area (Å²) in [5.74, 6) is 3.58. The Labute approximate surface area is 125 Å². The van der Waals surface area contributed by atoms with Crippen molar-refractivity contribution in [1.82, 2.24) is 20.1 Å². The summed E-state index contributed by atoms with van der Waals surface area (Å²) < 4.78 is 5.33. The highest BCUT2D eigenvalue weighted by atomic mass is 32.2. The Morgan fingerprint density at radius 1 is 1.50 bits per heavy atom. The maximum absolute atomic E-state index is 6.11. The molecule has 0 bridgehead atoms. The lowest BCUT2D eigenvalue weighted by atomic mass is 10.2. The molecule has 1 aliphatic heterocycles. The first-order valence-corrected chi connectivity index (χ1v) is 8.63. The number of nitrogens with zero attached hydrogens (tertiary/aromatic N) is 3. The zero-order valence-corrected chi connectivity index (χ0v) is 12.8. The van der Waals surface area contributed by atoms with Crippen LogP contribution in [-0.2, 0) is 6.42 Å². The smallest absolute Gasteiger partial charge is 0.244 e. The summed E-state index contributed by atoms with van der Waals surface area (Å²) in [6, 6.07) is -0.298. The molecule has 0 spiro atoms. The fraction of sp³-hybridized carbons (Fsp3) is 0.583. The summed E-state index contributed by atoms with van der Waals surface area (Å²) in [7, 11) is 0. The second kappa shape index (κ2) is 6.19. The molecule has 108 valence electrons. The number of rotatable bonds is 4. The molecule has 0 amide bonds. The molecule has 0 radical (unpaired) electrons. The summed E-state index contributed by atoms with van der Waals surface area (Å²) in [5.41, 5.74) is 7.07. The molecule has 8 heteroatoms. The molecule has 1 fully saturated rings. The maximum atomic E-state index is 6.11. The number of hydrogen-bond donors (Lipinski definition) is 2. The van der Waals surface area contributed by atoms with E-state index in [1.807, 2.05) is 23.5 Å². The summed E-state index contributed by atoms with van der Waals surface area (Å²) in [5, 5.41) is 4.91. The van der Waals surface area contributed by atoms with Crippen LogP contribution in [0.3, 0.4) is 0 Å². The summed E-state index contributed by atoms with van der Waals surface area (Å²) in [6.07, 6.45) is 4.01. The Morgan fingerprint density at radius 3 is 3.10 bits per heavy atom. The molecule has 0 saturated carbocycles. The third kappa shape index (κ3) is 3.02. The highest BCUT2D eigenvalue weighted by molar-refractivity contribution is 8.06. The van der Waals surface area contributed by atoms with Crippen LogP contribution in [0.5, 0.6) is 0 Å². The van der Waals surface area contributed by atoms with E-state index in [1.54, 1.807) is 12.5 Å². The number of H-pyrrole nitrogens is 1. The van der Waals surface area contributed by atoms with Crippen molar-refractivity contribution >= 4 is 23.5 Å². The van der Waals surface area contributed by atoms with Crippen LogP contribution in [0.15, 0.2) is 17.0 Å². The lowest BCUT2D eigenvalue weighted by Gasteiger charge is -2.24. The number of aromatic nitrogens is 4. The van der Waals surface area contributed by atoms with Gasteiger partial charge in [0, 0.05) is 35.1 Å². The molecule has 1 aliphatic rings. The Bertz CT molecular complexity index is 544. The molecule has 2 unspecified atom stereocenters. The maximum Gasteiger partial charge on any atom is 0.244 e. The van der Waals surface area contributed by atoms with E-state index in [4.69, 9.17) is 10.3 Å². The molecule has 6 nitrogen and oxygen atoms in total. The van der Waals surface area contributed by atoms with Crippen LogP contribution in [0.25, 0.3) is 0 Å². The van der Waals surface area contributed by atoms with Gasteiger partial charge in [0.2, 0.25) is 5.89 Å². The quantitative estimate of drug-likeness (QED) is 0.891. The van der Waals surface area contributed by atoms with Crippen LogP contribution >= 0.6 is 23.5 Å². The van der Waals surface area contributed by atoms with Crippen LogP contribution in [0.2, 0.25) is 0 Å². The van der Waals surface area contributed by atoms with Crippen LogP contribution in [0.4, 0.5) is 0 Å². The first-order valence-electron chi connectivity index (χ1n) is 6.53. The van der Waals surface area contributed by atoms with E-state index in [1.165, 1.54) is 5.75 Å². The fourth-order valence-corrected chi connectivity index (χ4v) is 4.83. The molecule has 1 saturated heterocycles. The van der Waals surface area contributed by atoms with Gasteiger partial charge in [-0.15, -0.1) is 11.8 Å². The largest absolute Gasteiger partial charge is 0.348 e. The van der Waals surface area contributed by atoms with Gasteiger partial charge in [-0.2, -0.15) is 16.7 Å². The third-order valence-electron chi connectivity index (χ3n) is 3.21. The van der Waals surface area contributed by atoms with Crippen LogP contribution < -0.4 is 5.73 Å². The van der Waals surface area contributed by atoms with Crippen LogP contribution in [0.1, 0.15) is 35.6 Å². The predicted octanol–water partition coefficient (Wildman–Crippen LogP) is 1.94. The second-order valence-electron chi connectivity index (χ2n) is 4.75. The SMILES string of the molecule is CC1SCCSC1c1noc([C@H](N)Cc2cnc[nH]2)n1. The molecule has 3 rings (SSSR count). The number of thioether (sulfide) groups is 2. The van der Waals surface area contributed by atoms with Gasteiger partial charge < -0.3 is 15.2 Å². The number of imidazole rings is 1. The highest BCUT2D eigenvalue weighted by Gasteiger charge is 2.29. The van der Waals surface area contributed by atoms with Crippen molar-refractivity contribution in [3.8, 4) is 0 Å². The van der Waals surface area contributed by atoms with Gasteiger partial charge in [0.05, 0.1) is 17.6 Å². The molecule has 0 aromatic carbocycles. The lowest BCUT2D eigenvalue weighted by molar-refractivity contribution is 0.349. The number of aromatic amines is 1. The number of hydrogen-bond acceptors (Lipinski definition) is 7. The molecule has 3 N–H and O–H groups in total. The van der Waals surface area contributed by atoms with Gasteiger partial charge >= 0.3 is 0 Å². The normalized spacial score (nSPS) is 24.7. The predicted molar refractivity (Wildman–Crippen MR) is 80.6 cm³/mol. The van der Waals surface area contributed by atoms with Gasteiger partial charge in [0.1, 0.15) is 0 Å². The fourth-order valence-electron chi connectivity index (χ4n) is 2.15. The minimum atomic E-state index is -0.298. The molecular formula is C12H17N5OS2. The highest BCUT2D eigenvalue weighted by Crippen LogP contribution is 2.41. The van der Waals surface area contributed by atoms with Crippen molar-refractivity contribution in [2.45, 2.75) is 29.9 Å². The lowest BCUT2D eigenvalue weighted by Crippen LogP contribution is -2.18. The van der Waals surface area contributed by atoms with Gasteiger partial charge in [-0.25, -0.2) is 4.98 Å². The minimum absolute atomic E-state index is 0.297. The Hall–Kier alpha value is -0.990. The van der Waals surface area contributed by atoms with Crippen LogP contribution in [0, 0.1) is 0 Å². The number of nitrogens with two attached hydrogens (primary N) is 1. The zero-order valence-electron chi connectivity index (χ0n) is 11.2. The van der Waals surface area contributed by atoms with Gasteiger partial charge in [-0.1, -0.05) is 12.1 Å². The molecule has 3 heterocycles. The van der Waals surface area contributed by atoms with E-state index >= 15 is 0 Å². The first kappa shape index (κ1) is 14.0. The molecule has 2 aromatic rings. The van der Waals surface area contributed by atoms with E-state index < -0.39 is 0 Å². The van der Waals surface area contributed by atoms with Gasteiger partial charge in [-0.3, -0.25) is 0 Å². The van der Waals surface area contributed by atoms with Crippen molar-refractivity contribution in [2.75, 3.05) is 11.5 Å². The monoisotopic (exact) mass is 311 g/mol. The van der Waals surface area contributed by atoms with Gasteiger partial charge in [0.15, 0.2) is 5.82 Å². The van der Waals surface area contributed by atoms with E-state index in [2.05, 4.69) is 27.0 Å². The standard InChI is InChI=1S/C12H17N5OS2/c1-7-10(20-3-2-19-7)11-16-12(18-17-11)9(13)4-8-5-14-6-15-8/h5-7,9-10H,2-4,13H2,1H3,(H,14,15)/t7?,9-,10?/m1/s1. The number of nitrogens with one attached hydrogen (secondary N) is 1. The second-order valence-corrected chi connectivity index (χ2v) is 7.48.